The van der Waals surface area contributed by atoms with Gasteiger partial charge in [-0.15, -0.1) is 0 Å². The molecule has 1 nitrogen and oxygen atoms in total. The van der Waals surface area contributed by atoms with E-state index in [0.29, 0.717) is 17.2 Å². The molecule has 0 radical (unpaired) electrons. The maximum atomic E-state index is 13.6. The summed E-state index contributed by atoms with van der Waals surface area (Å²) in [5, 5.41) is 0.658. The molecule has 0 heterocycles. The van der Waals surface area contributed by atoms with Crippen LogP contribution in [0.15, 0.2) is 36.4 Å². The Balaban J connectivity index is 2.24. The van der Waals surface area contributed by atoms with Crippen LogP contribution in [0.25, 0.3) is 0 Å². The van der Waals surface area contributed by atoms with Gasteiger partial charge in [-0.1, -0.05) is 49.7 Å². The Morgan fingerprint density at radius 1 is 1.24 bits per heavy atom. The minimum atomic E-state index is -0.131. The van der Waals surface area contributed by atoms with Gasteiger partial charge in [0.15, 0.2) is 0 Å². The summed E-state index contributed by atoms with van der Waals surface area (Å²) in [5.74, 6) is 0.797. The van der Waals surface area contributed by atoms with Crippen LogP contribution in [0.4, 0.5) is 4.39 Å². The number of halogens is 2. The molecule has 2 aromatic carbocycles. The van der Waals surface area contributed by atoms with Crippen molar-refractivity contribution in [3.63, 3.8) is 0 Å². The molecule has 0 aliphatic rings. The molecular weight excluding hydrogens is 287 g/mol. The first-order chi connectivity index (χ1) is 10.1. The minimum Gasteiger partial charge on any atom is -0.495 e. The summed E-state index contributed by atoms with van der Waals surface area (Å²) < 4.78 is 18.8. The predicted octanol–water partition coefficient (Wildman–Crippen LogP) is 5.40. The Kier molecular flexibility index (Phi) is 5.24. The zero-order valence-electron chi connectivity index (χ0n) is 12.6. The molecule has 0 N–H and O–H groups in total. The van der Waals surface area contributed by atoms with Crippen LogP contribution < -0.4 is 4.74 Å². The highest BCUT2D eigenvalue weighted by Gasteiger charge is 2.14. The summed E-state index contributed by atoms with van der Waals surface area (Å²) in [5.41, 5.74) is 2.94. The summed E-state index contributed by atoms with van der Waals surface area (Å²) in [7, 11) is 1.61. The molecule has 2 rings (SSSR count). The van der Waals surface area contributed by atoms with Crippen molar-refractivity contribution < 1.29 is 9.13 Å². The Morgan fingerprint density at radius 2 is 2.00 bits per heavy atom. The first-order valence-corrected chi connectivity index (χ1v) is 7.54. The summed E-state index contributed by atoms with van der Waals surface area (Å²) in [6.45, 7) is 4.08. The highest BCUT2D eigenvalue weighted by atomic mass is 35.5. The van der Waals surface area contributed by atoms with Crippen molar-refractivity contribution in [3.05, 3.63) is 63.9 Å². The molecule has 3 heteroatoms. The van der Waals surface area contributed by atoms with Crippen LogP contribution in [0.1, 0.15) is 36.5 Å². The Morgan fingerprint density at radius 3 is 2.67 bits per heavy atom. The van der Waals surface area contributed by atoms with Crippen molar-refractivity contribution in [2.75, 3.05) is 7.11 Å². The molecule has 2 aromatic rings. The lowest BCUT2D eigenvalue weighted by Gasteiger charge is -2.16. The monoisotopic (exact) mass is 306 g/mol. The second-order valence-electron chi connectivity index (χ2n) is 5.25. The first-order valence-electron chi connectivity index (χ1n) is 7.16. The zero-order valence-corrected chi connectivity index (χ0v) is 13.4. The number of methoxy groups -OCH3 is 1. The lowest BCUT2D eigenvalue weighted by atomic mass is 9.92. The molecule has 0 fully saturated rings. The molecular formula is C18H20ClFO. The van der Waals surface area contributed by atoms with Crippen molar-refractivity contribution in [1.82, 2.24) is 0 Å². The summed E-state index contributed by atoms with van der Waals surface area (Å²) in [6.07, 6.45) is 1.52. The molecule has 112 valence electrons. The van der Waals surface area contributed by atoms with Gasteiger partial charge in [0.1, 0.15) is 11.6 Å². The maximum absolute atomic E-state index is 13.6. The van der Waals surface area contributed by atoms with Gasteiger partial charge in [0, 0.05) is 0 Å². The number of aryl methyl sites for hydroxylation is 1. The van der Waals surface area contributed by atoms with Crippen molar-refractivity contribution in [2.24, 2.45) is 0 Å². The number of hydrogen-bond acceptors (Lipinski definition) is 1. The topological polar surface area (TPSA) is 9.23 Å². The van der Waals surface area contributed by atoms with Crippen LogP contribution in [0.3, 0.4) is 0 Å². The number of benzene rings is 2. The SMILES string of the molecule is CCc1cc(CC(C)c2cccc(OC)c2Cl)ccc1F. The van der Waals surface area contributed by atoms with Gasteiger partial charge in [0.25, 0.3) is 0 Å². The van der Waals surface area contributed by atoms with Gasteiger partial charge in [-0.2, -0.15) is 0 Å². The molecule has 0 aliphatic heterocycles. The van der Waals surface area contributed by atoms with Crippen LogP contribution in [0.2, 0.25) is 5.02 Å². The van der Waals surface area contributed by atoms with Crippen LogP contribution in [0.5, 0.6) is 5.75 Å². The van der Waals surface area contributed by atoms with Crippen molar-refractivity contribution in [1.29, 1.82) is 0 Å². The number of rotatable bonds is 5. The third-order valence-corrected chi connectivity index (χ3v) is 4.18. The van der Waals surface area contributed by atoms with E-state index >= 15 is 0 Å². The van der Waals surface area contributed by atoms with Crippen LogP contribution >= 0.6 is 11.6 Å². The van der Waals surface area contributed by atoms with Gasteiger partial charge in [0.05, 0.1) is 12.1 Å². The number of ether oxygens (including phenoxy) is 1. The van der Waals surface area contributed by atoms with Gasteiger partial charge in [-0.05, 0) is 47.6 Å². The van der Waals surface area contributed by atoms with E-state index in [-0.39, 0.29) is 11.7 Å². The fourth-order valence-electron chi connectivity index (χ4n) is 2.56. The normalized spacial score (nSPS) is 12.2. The van der Waals surface area contributed by atoms with Crippen molar-refractivity contribution >= 4 is 11.6 Å². The molecule has 0 saturated heterocycles. The summed E-state index contributed by atoms with van der Waals surface area (Å²) in [6, 6.07) is 11.1. The molecule has 21 heavy (non-hydrogen) atoms. The van der Waals surface area contributed by atoms with E-state index in [2.05, 4.69) is 6.92 Å². The standard InChI is InChI=1S/C18H20ClFO/c1-4-14-11-13(8-9-16(14)20)10-12(2)15-6-5-7-17(21-3)18(15)19/h5-9,11-12H,4,10H2,1-3H3. The lowest BCUT2D eigenvalue weighted by Crippen LogP contribution is -2.01. The maximum Gasteiger partial charge on any atom is 0.137 e. The molecule has 0 spiro atoms. The number of hydrogen-bond donors (Lipinski definition) is 0. The highest BCUT2D eigenvalue weighted by Crippen LogP contribution is 2.34. The van der Waals surface area contributed by atoms with Gasteiger partial charge in [-0.25, -0.2) is 4.39 Å². The smallest absolute Gasteiger partial charge is 0.137 e. The lowest BCUT2D eigenvalue weighted by molar-refractivity contribution is 0.414. The van der Waals surface area contributed by atoms with Crippen molar-refractivity contribution in [2.45, 2.75) is 32.6 Å². The Bertz CT molecular complexity index is 625. The molecule has 1 atom stereocenters. The van der Waals surface area contributed by atoms with E-state index in [1.54, 1.807) is 13.2 Å². The molecule has 0 aliphatic carbocycles. The third kappa shape index (κ3) is 3.56. The molecule has 0 bridgehead atoms. The fourth-order valence-corrected chi connectivity index (χ4v) is 2.94. The van der Waals surface area contributed by atoms with Gasteiger partial charge in [0.2, 0.25) is 0 Å². The summed E-state index contributed by atoms with van der Waals surface area (Å²) in [4.78, 5) is 0. The second kappa shape index (κ2) is 6.95. The largest absolute Gasteiger partial charge is 0.495 e. The van der Waals surface area contributed by atoms with E-state index in [0.717, 1.165) is 23.1 Å². The second-order valence-corrected chi connectivity index (χ2v) is 5.63. The zero-order chi connectivity index (χ0) is 15.4. The van der Waals surface area contributed by atoms with Crippen LogP contribution in [-0.4, -0.2) is 7.11 Å². The van der Waals surface area contributed by atoms with E-state index in [1.165, 1.54) is 0 Å². The van der Waals surface area contributed by atoms with E-state index in [1.807, 2.05) is 37.3 Å². The quantitative estimate of drug-likeness (QED) is 0.719. The molecule has 0 amide bonds. The Hall–Kier alpha value is -1.54. The predicted molar refractivity (Wildman–Crippen MR) is 85.9 cm³/mol. The Labute approximate surface area is 130 Å². The van der Waals surface area contributed by atoms with Gasteiger partial charge in [-0.3, -0.25) is 0 Å². The average Bonchev–Trinajstić information content (AvgIpc) is 2.49. The van der Waals surface area contributed by atoms with Gasteiger partial charge < -0.3 is 4.74 Å². The van der Waals surface area contributed by atoms with Gasteiger partial charge >= 0.3 is 0 Å². The molecule has 0 saturated carbocycles. The first kappa shape index (κ1) is 15.8. The fraction of sp³-hybridized carbons (Fsp3) is 0.333. The van der Waals surface area contributed by atoms with E-state index in [4.69, 9.17) is 16.3 Å². The minimum absolute atomic E-state index is 0.131. The average molecular weight is 307 g/mol. The van der Waals surface area contributed by atoms with Crippen LogP contribution in [0, 0.1) is 5.82 Å². The summed E-state index contributed by atoms with van der Waals surface area (Å²) >= 11 is 6.37. The van der Waals surface area contributed by atoms with E-state index in [9.17, 15) is 4.39 Å². The van der Waals surface area contributed by atoms with E-state index < -0.39 is 0 Å². The van der Waals surface area contributed by atoms with Crippen LogP contribution in [-0.2, 0) is 12.8 Å². The third-order valence-electron chi connectivity index (χ3n) is 3.78. The molecule has 0 aromatic heterocycles. The highest BCUT2D eigenvalue weighted by molar-refractivity contribution is 6.32. The molecule has 1 unspecified atom stereocenters. The van der Waals surface area contributed by atoms with Crippen molar-refractivity contribution in [3.8, 4) is 5.75 Å².